The maximum absolute atomic E-state index is 12.2. The Balaban J connectivity index is 1.90. The summed E-state index contributed by atoms with van der Waals surface area (Å²) < 4.78 is 20.4. The molecule has 0 N–H and O–H groups in total. The van der Waals surface area contributed by atoms with Crippen LogP contribution in [0.2, 0.25) is 15.1 Å². The van der Waals surface area contributed by atoms with Crippen molar-refractivity contribution in [1.82, 2.24) is 0 Å². The van der Waals surface area contributed by atoms with Gasteiger partial charge in [-0.25, -0.2) is 4.79 Å². The van der Waals surface area contributed by atoms with Gasteiger partial charge in [0.25, 0.3) is 0 Å². The normalized spacial score (nSPS) is 10.3. The van der Waals surface area contributed by atoms with Gasteiger partial charge < -0.3 is 18.9 Å². The second-order valence-electron chi connectivity index (χ2n) is 5.14. The van der Waals surface area contributed by atoms with E-state index in [1.807, 2.05) is 0 Å². The SMILES string of the molecule is COc1ccc(C(=O)COC(=O)COc2cc(Cl)c(Cl)cc2Cl)cc1OC. The third kappa shape index (κ3) is 5.66. The number of ether oxygens (including phenoxy) is 4. The van der Waals surface area contributed by atoms with Crippen molar-refractivity contribution in [3.8, 4) is 17.2 Å². The molecular weight excluding hydrogens is 419 g/mol. The van der Waals surface area contributed by atoms with E-state index in [4.69, 9.17) is 53.8 Å². The molecule has 9 heteroatoms. The zero-order chi connectivity index (χ0) is 20.0. The monoisotopic (exact) mass is 432 g/mol. The molecule has 0 heterocycles. The molecule has 144 valence electrons. The molecule has 0 saturated carbocycles. The summed E-state index contributed by atoms with van der Waals surface area (Å²) in [7, 11) is 2.94. The average Bonchev–Trinajstić information content (AvgIpc) is 2.67. The third-order valence-electron chi connectivity index (χ3n) is 3.39. The van der Waals surface area contributed by atoms with Gasteiger partial charge in [0, 0.05) is 11.6 Å². The molecule has 2 aromatic carbocycles. The van der Waals surface area contributed by atoms with Crippen LogP contribution in [0.4, 0.5) is 0 Å². The van der Waals surface area contributed by atoms with E-state index in [1.165, 1.54) is 32.4 Å². The fourth-order valence-corrected chi connectivity index (χ4v) is 2.62. The van der Waals surface area contributed by atoms with Gasteiger partial charge >= 0.3 is 5.97 Å². The van der Waals surface area contributed by atoms with Gasteiger partial charge in [0.1, 0.15) is 5.75 Å². The van der Waals surface area contributed by atoms with Crippen LogP contribution in [0.5, 0.6) is 17.2 Å². The quantitative estimate of drug-likeness (QED) is 0.347. The van der Waals surface area contributed by atoms with Crippen molar-refractivity contribution in [2.75, 3.05) is 27.4 Å². The molecule has 0 amide bonds. The lowest BCUT2D eigenvalue weighted by molar-refractivity contribution is -0.144. The van der Waals surface area contributed by atoms with E-state index in [0.717, 1.165) is 0 Å². The summed E-state index contributed by atoms with van der Waals surface area (Å²) in [6.45, 7) is -0.899. The fourth-order valence-electron chi connectivity index (χ4n) is 2.03. The highest BCUT2D eigenvalue weighted by molar-refractivity contribution is 6.43. The summed E-state index contributed by atoms with van der Waals surface area (Å²) in [5, 5.41) is 0.684. The van der Waals surface area contributed by atoms with Crippen LogP contribution in [0.1, 0.15) is 10.4 Å². The second-order valence-corrected chi connectivity index (χ2v) is 6.36. The molecule has 0 saturated heterocycles. The first kappa shape index (κ1) is 21.2. The molecule has 0 aliphatic carbocycles. The molecule has 6 nitrogen and oxygen atoms in total. The number of carbonyl (C=O) groups is 2. The summed E-state index contributed by atoms with van der Waals surface area (Å²) in [5.41, 5.74) is 0.314. The van der Waals surface area contributed by atoms with Gasteiger partial charge in [0.05, 0.1) is 29.3 Å². The first-order valence-electron chi connectivity index (χ1n) is 7.54. The van der Waals surface area contributed by atoms with Crippen molar-refractivity contribution < 1.29 is 28.5 Å². The molecule has 0 fully saturated rings. The van der Waals surface area contributed by atoms with Gasteiger partial charge in [-0.1, -0.05) is 34.8 Å². The molecule has 27 heavy (non-hydrogen) atoms. The molecule has 0 aromatic heterocycles. The predicted octanol–water partition coefficient (Wildman–Crippen LogP) is 4.47. The summed E-state index contributed by atoms with van der Waals surface area (Å²) in [6, 6.07) is 7.41. The number of halogens is 3. The van der Waals surface area contributed by atoms with Gasteiger partial charge in [-0.15, -0.1) is 0 Å². The van der Waals surface area contributed by atoms with Gasteiger partial charge in [0.15, 0.2) is 30.5 Å². The minimum absolute atomic E-state index is 0.175. The average molecular weight is 434 g/mol. The number of methoxy groups -OCH3 is 2. The van der Waals surface area contributed by atoms with Crippen LogP contribution in [0.15, 0.2) is 30.3 Å². The van der Waals surface area contributed by atoms with Crippen molar-refractivity contribution in [2.45, 2.75) is 0 Å². The minimum atomic E-state index is -0.744. The Hall–Kier alpha value is -2.15. The Morgan fingerprint density at radius 1 is 0.815 bits per heavy atom. The highest BCUT2D eigenvalue weighted by Crippen LogP contribution is 2.33. The van der Waals surface area contributed by atoms with Crippen molar-refractivity contribution in [3.05, 3.63) is 51.0 Å². The van der Waals surface area contributed by atoms with E-state index in [2.05, 4.69) is 0 Å². The lowest BCUT2D eigenvalue weighted by Gasteiger charge is -2.10. The van der Waals surface area contributed by atoms with E-state index in [1.54, 1.807) is 12.1 Å². The number of ketones is 1. The number of benzene rings is 2. The first-order valence-corrected chi connectivity index (χ1v) is 8.67. The highest BCUT2D eigenvalue weighted by Gasteiger charge is 2.14. The molecule has 0 aliphatic heterocycles. The van der Waals surface area contributed by atoms with Gasteiger partial charge in [-0.3, -0.25) is 4.79 Å². The van der Waals surface area contributed by atoms with Crippen molar-refractivity contribution in [1.29, 1.82) is 0 Å². The summed E-state index contributed by atoms with van der Waals surface area (Å²) in [5.74, 6) is -0.0951. The van der Waals surface area contributed by atoms with Crippen molar-refractivity contribution in [3.63, 3.8) is 0 Å². The molecule has 2 rings (SSSR count). The third-order valence-corrected chi connectivity index (χ3v) is 4.41. The first-order chi connectivity index (χ1) is 12.8. The van der Waals surface area contributed by atoms with Crippen LogP contribution in [-0.4, -0.2) is 39.2 Å². The standard InChI is InChI=1S/C18H15Cl3O6/c1-24-15-4-3-10(5-17(15)25-2)14(22)8-27-18(23)9-26-16-7-12(20)11(19)6-13(16)21/h3-7H,8-9H2,1-2H3. The van der Waals surface area contributed by atoms with E-state index < -0.39 is 25.0 Å². The molecule has 0 spiro atoms. The number of esters is 1. The van der Waals surface area contributed by atoms with E-state index >= 15 is 0 Å². The Morgan fingerprint density at radius 2 is 1.48 bits per heavy atom. The zero-order valence-corrected chi connectivity index (χ0v) is 16.7. The van der Waals surface area contributed by atoms with Gasteiger partial charge in [-0.05, 0) is 24.3 Å². The van der Waals surface area contributed by atoms with Crippen LogP contribution in [0.25, 0.3) is 0 Å². The number of Topliss-reactive ketones (excluding diaryl/α,β-unsaturated/α-hetero) is 1. The molecule has 2 aromatic rings. The highest BCUT2D eigenvalue weighted by atomic mass is 35.5. The lowest BCUT2D eigenvalue weighted by atomic mass is 10.1. The zero-order valence-electron chi connectivity index (χ0n) is 14.4. The molecule has 0 unspecified atom stereocenters. The number of rotatable bonds is 8. The number of carbonyl (C=O) groups excluding carboxylic acids is 2. The number of hydrogen-bond donors (Lipinski definition) is 0. The minimum Gasteiger partial charge on any atom is -0.493 e. The number of hydrogen-bond acceptors (Lipinski definition) is 6. The summed E-state index contributed by atoms with van der Waals surface area (Å²) in [4.78, 5) is 24.0. The molecule has 0 atom stereocenters. The van der Waals surface area contributed by atoms with Crippen LogP contribution in [0.3, 0.4) is 0 Å². The van der Waals surface area contributed by atoms with Gasteiger partial charge in [-0.2, -0.15) is 0 Å². The molecule has 0 bridgehead atoms. The Kier molecular flexibility index (Phi) is 7.59. The van der Waals surface area contributed by atoms with Crippen molar-refractivity contribution in [2.24, 2.45) is 0 Å². The predicted molar refractivity (Wildman–Crippen MR) is 102 cm³/mol. The van der Waals surface area contributed by atoms with Crippen LogP contribution < -0.4 is 14.2 Å². The van der Waals surface area contributed by atoms with Crippen LogP contribution in [0, 0.1) is 0 Å². The topological polar surface area (TPSA) is 71.1 Å². The van der Waals surface area contributed by atoms with Crippen molar-refractivity contribution >= 4 is 46.6 Å². The maximum atomic E-state index is 12.2. The Morgan fingerprint density at radius 3 is 2.15 bits per heavy atom. The summed E-state index contributed by atoms with van der Waals surface area (Å²) in [6.07, 6.45) is 0. The van der Waals surface area contributed by atoms with Gasteiger partial charge in [0.2, 0.25) is 0 Å². The maximum Gasteiger partial charge on any atom is 0.344 e. The lowest BCUT2D eigenvalue weighted by Crippen LogP contribution is -2.19. The Bertz CT molecular complexity index is 853. The Labute approximate surface area is 170 Å². The van der Waals surface area contributed by atoms with Crippen LogP contribution >= 0.6 is 34.8 Å². The molecule has 0 radical (unpaired) electrons. The van der Waals surface area contributed by atoms with E-state index in [-0.39, 0.29) is 20.8 Å². The largest absolute Gasteiger partial charge is 0.493 e. The van der Waals surface area contributed by atoms with E-state index in [0.29, 0.717) is 17.1 Å². The second kappa shape index (κ2) is 9.69. The fraction of sp³-hybridized carbons (Fsp3) is 0.222. The summed E-state index contributed by atoms with van der Waals surface area (Å²) >= 11 is 17.6. The van der Waals surface area contributed by atoms with E-state index in [9.17, 15) is 9.59 Å². The smallest absolute Gasteiger partial charge is 0.344 e. The molecule has 0 aliphatic rings. The molecular formula is C18H15Cl3O6. The van der Waals surface area contributed by atoms with Crippen LogP contribution in [-0.2, 0) is 9.53 Å².